The molecule has 0 fully saturated rings. The van der Waals surface area contributed by atoms with E-state index in [0.717, 1.165) is 0 Å². The molecule has 0 spiro atoms. The average Bonchev–Trinajstić information content (AvgIpc) is 2.29. The normalized spacial score (nSPS) is 11.2. The molecule has 1 rings (SSSR count). The topological polar surface area (TPSA) is 64.6 Å². The van der Waals surface area contributed by atoms with Crippen molar-refractivity contribution in [2.75, 3.05) is 30.3 Å². The summed E-state index contributed by atoms with van der Waals surface area (Å²) in [5.74, 6) is 0.567. The van der Waals surface area contributed by atoms with Crippen molar-refractivity contribution in [2.24, 2.45) is 0 Å². The van der Waals surface area contributed by atoms with Crippen LogP contribution in [0.1, 0.15) is 0 Å². The Balaban J connectivity index is 2.66. The molecular formula is C10H14ClNO4S. The highest BCUT2D eigenvalue weighted by molar-refractivity contribution is 7.93. The minimum atomic E-state index is -3.48. The summed E-state index contributed by atoms with van der Waals surface area (Å²) in [6.45, 7) is 0.875. The van der Waals surface area contributed by atoms with Crippen LogP contribution in [0.3, 0.4) is 0 Å². The number of alkyl halides is 1. The number of ether oxygens (including phenoxy) is 2. The van der Waals surface area contributed by atoms with Crippen molar-refractivity contribution >= 4 is 27.3 Å². The van der Waals surface area contributed by atoms with Crippen LogP contribution < -0.4 is 9.46 Å². The van der Waals surface area contributed by atoms with E-state index >= 15 is 0 Å². The number of methoxy groups -OCH3 is 1. The molecule has 1 N–H and O–H groups in total. The second kappa shape index (κ2) is 6.68. The smallest absolute Gasteiger partial charge is 0.246 e. The second-order valence-electron chi connectivity index (χ2n) is 3.20. The van der Waals surface area contributed by atoms with E-state index < -0.39 is 15.2 Å². The summed E-state index contributed by atoms with van der Waals surface area (Å²) < 4.78 is 35.0. The third-order valence-electron chi connectivity index (χ3n) is 1.81. The summed E-state index contributed by atoms with van der Waals surface area (Å²) in [4.78, 5) is 0. The number of hydrogen-bond donors (Lipinski definition) is 1. The molecule has 0 aliphatic heterocycles. The molecule has 7 heteroatoms. The van der Waals surface area contributed by atoms with Crippen molar-refractivity contribution in [1.29, 1.82) is 0 Å². The Bertz CT molecular complexity index is 449. The average molecular weight is 280 g/mol. The summed E-state index contributed by atoms with van der Waals surface area (Å²) in [6.07, 6.45) is 0. The molecule has 0 atom stereocenters. The molecule has 0 unspecified atom stereocenters. The quantitative estimate of drug-likeness (QED) is 0.609. The SMILES string of the molecule is COCCOc1cccc(NS(=O)(=O)CCl)c1. The van der Waals surface area contributed by atoms with Crippen molar-refractivity contribution in [1.82, 2.24) is 0 Å². The van der Waals surface area contributed by atoms with E-state index in [1.165, 1.54) is 0 Å². The maximum absolute atomic E-state index is 11.2. The van der Waals surface area contributed by atoms with E-state index in [9.17, 15) is 8.42 Å². The van der Waals surface area contributed by atoms with Gasteiger partial charge in [0.25, 0.3) is 0 Å². The van der Waals surface area contributed by atoms with Gasteiger partial charge in [0.1, 0.15) is 17.6 Å². The number of benzene rings is 1. The van der Waals surface area contributed by atoms with E-state index in [4.69, 9.17) is 21.1 Å². The molecule has 96 valence electrons. The molecule has 0 aliphatic rings. The monoisotopic (exact) mass is 279 g/mol. The molecule has 0 amide bonds. The van der Waals surface area contributed by atoms with Gasteiger partial charge in [-0.1, -0.05) is 6.07 Å². The van der Waals surface area contributed by atoms with Crippen LogP contribution in [0.4, 0.5) is 5.69 Å². The number of halogens is 1. The van der Waals surface area contributed by atoms with Crippen molar-refractivity contribution < 1.29 is 17.9 Å². The Labute approximate surface area is 106 Å². The van der Waals surface area contributed by atoms with Gasteiger partial charge < -0.3 is 9.47 Å². The van der Waals surface area contributed by atoms with Crippen LogP contribution in [0.2, 0.25) is 0 Å². The lowest BCUT2D eigenvalue weighted by molar-refractivity contribution is 0.146. The number of sulfonamides is 1. The first-order valence-corrected chi connectivity index (χ1v) is 7.04. The van der Waals surface area contributed by atoms with E-state index in [0.29, 0.717) is 24.7 Å². The number of anilines is 1. The fourth-order valence-corrected chi connectivity index (χ4v) is 1.80. The van der Waals surface area contributed by atoms with Gasteiger partial charge in [0.15, 0.2) is 0 Å². The van der Waals surface area contributed by atoms with E-state index in [2.05, 4.69) is 4.72 Å². The van der Waals surface area contributed by atoms with Gasteiger partial charge in [0.05, 0.1) is 12.3 Å². The second-order valence-corrected chi connectivity index (χ2v) is 5.50. The lowest BCUT2D eigenvalue weighted by Crippen LogP contribution is -2.13. The predicted molar refractivity (Wildman–Crippen MR) is 67.1 cm³/mol. The largest absolute Gasteiger partial charge is 0.491 e. The minimum Gasteiger partial charge on any atom is -0.491 e. The number of rotatable bonds is 7. The molecule has 17 heavy (non-hydrogen) atoms. The molecule has 0 heterocycles. The summed E-state index contributed by atoms with van der Waals surface area (Å²) in [5.41, 5.74) is 0.417. The summed E-state index contributed by atoms with van der Waals surface area (Å²) in [5, 5.41) is -0.484. The van der Waals surface area contributed by atoms with Crippen LogP contribution >= 0.6 is 11.6 Å². The van der Waals surface area contributed by atoms with Gasteiger partial charge in [-0.2, -0.15) is 0 Å². The first kappa shape index (κ1) is 14.1. The van der Waals surface area contributed by atoms with Crippen LogP contribution in [0.25, 0.3) is 0 Å². The molecule has 1 aromatic rings. The van der Waals surface area contributed by atoms with Crippen molar-refractivity contribution in [3.63, 3.8) is 0 Å². The Kier molecular flexibility index (Phi) is 5.54. The van der Waals surface area contributed by atoms with Crippen LogP contribution in [0, 0.1) is 0 Å². The summed E-state index contributed by atoms with van der Waals surface area (Å²) >= 11 is 5.29. The molecule has 0 saturated carbocycles. The van der Waals surface area contributed by atoms with Crippen LogP contribution in [0.15, 0.2) is 24.3 Å². The predicted octanol–water partition coefficient (Wildman–Crippen LogP) is 1.65. The van der Waals surface area contributed by atoms with Crippen molar-refractivity contribution in [3.05, 3.63) is 24.3 Å². The Morgan fingerprint density at radius 1 is 1.35 bits per heavy atom. The van der Waals surface area contributed by atoms with Gasteiger partial charge in [-0.15, -0.1) is 11.6 Å². The van der Waals surface area contributed by atoms with Gasteiger partial charge in [0, 0.05) is 13.2 Å². The van der Waals surface area contributed by atoms with E-state index in [1.54, 1.807) is 31.4 Å². The third kappa shape index (κ3) is 5.25. The first-order chi connectivity index (χ1) is 8.07. The molecule has 0 aromatic heterocycles. The lowest BCUT2D eigenvalue weighted by Gasteiger charge is -2.08. The molecule has 0 radical (unpaired) electrons. The van der Waals surface area contributed by atoms with E-state index in [-0.39, 0.29) is 0 Å². The molecular weight excluding hydrogens is 266 g/mol. The standard InChI is InChI=1S/C10H14ClNO4S/c1-15-5-6-16-10-4-2-3-9(7-10)12-17(13,14)8-11/h2-4,7,12H,5-6,8H2,1H3. The zero-order valence-electron chi connectivity index (χ0n) is 9.35. The molecule has 5 nitrogen and oxygen atoms in total. The van der Waals surface area contributed by atoms with Crippen LogP contribution in [-0.2, 0) is 14.8 Å². The van der Waals surface area contributed by atoms with Crippen LogP contribution in [0.5, 0.6) is 5.75 Å². The Morgan fingerprint density at radius 2 is 2.12 bits per heavy atom. The van der Waals surface area contributed by atoms with Gasteiger partial charge in [-0.3, -0.25) is 4.72 Å². The summed E-state index contributed by atoms with van der Waals surface area (Å²) in [7, 11) is -1.90. The van der Waals surface area contributed by atoms with Crippen molar-refractivity contribution in [2.45, 2.75) is 0 Å². The highest BCUT2D eigenvalue weighted by atomic mass is 35.5. The highest BCUT2D eigenvalue weighted by Crippen LogP contribution is 2.18. The molecule has 0 aliphatic carbocycles. The van der Waals surface area contributed by atoms with Crippen LogP contribution in [-0.4, -0.2) is 34.0 Å². The first-order valence-electron chi connectivity index (χ1n) is 4.85. The van der Waals surface area contributed by atoms with Gasteiger partial charge in [-0.05, 0) is 12.1 Å². The van der Waals surface area contributed by atoms with Gasteiger partial charge in [-0.25, -0.2) is 8.42 Å². The highest BCUT2D eigenvalue weighted by Gasteiger charge is 2.08. The minimum absolute atomic E-state index is 0.405. The zero-order valence-corrected chi connectivity index (χ0v) is 10.9. The number of hydrogen-bond acceptors (Lipinski definition) is 4. The van der Waals surface area contributed by atoms with Gasteiger partial charge in [0.2, 0.25) is 10.0 Å². The molecule has 0 bridgehead atoms. The molecule has 1 aromatic carbocycles. The third-order valence-corrected chi connectivity index (χ3v) is 3.50. The Hall–Kier alpha value is -0.980. The number of nitrogens with one attached hydrogen (secondary N) is 1. The lowest BCUT2D eigenvalue weighted by atomic mass is 10.3. The fourth-order valence-electron chi connectivity index (χ4n) is 1.10. The Morgan fingerprint density at radius 3 is 2.76 bits per heavy atom. The summed E-state index contributed by atoms with van der Waals surface area (Å²) in [6, 6.07) is 6.62. The molecule has 0 saturated heterocycles. The maximum atomic E-state index is 11.2. The van der Waals surface area contributed by atoms with Gasteiger partial charge >= 0.3 is 0 Å². The van der Waals surface area contributed by atoms with Crippen molar-refractivity contribution in [3.8, 4) is 5.75 Å². The van der Waals surface area contributed by atoms with E-state index in [1.807, 2.05) is 0 Å². The zero-order chi connectivity index (χ0) is 12.7. The maximum Gasteiger partial charge on any atom is 0.246 e. The fraction of sp³-hybridized carbons (Fsp3) is 0.400.